The fraction of sp³-hybridized carbons (Fsp3) is 0.333. The largest absolute Gasteiger partial charge is 0.457 e. The van der Waals surface area contributed by atoms with Crippen molar-refractivity contribution in [3.05, 3.63) is 59.7 Å². The zero-order chi connectivity index (χ0) is 16.9. The Balaban J connectivity index is 0.00000225. The molecule has 1 aliphatic heterocycles. The summed E-state index contributed by atoms with van der Waals surface area (Å²) in [5, 5.41) is 16.2. The minimum atomic E-state index is -0.672. The topological polar surface area (TPSA) is 53.5 Å². The van der Waals surface area contributed by atoms with Gasteiger partial charge in [0.25, 0.3) is 0 Å². The van der Waals surface area contributed by atoms with Gasteiger partial charge in [0, 0.05) is 50.3 Å². The molecule has 136 valence electrons. The first-order valence-electron chi connectivity index (χ1n) is 7.92. The highest BCUT2D eigenvalue weighted by molar-refractivity contribution is 5.85. The van der Waals surface area contributed by atoms with Crippen LogP contribution in [0.15, 0.2) is 42.5 Å². The van der Waals surface area contributed by atoms with Crippen molar-refractivity contribution in [1.82, 2.24) is 10.6 Å². The van der Waals surface area contributed by atoms with Crippen molar-refractivity contribution in [2.75, 3.05) is 19.6 Å². The van der Waals surface area contributed by atoms with E-state index in [0.29, 0.717) is 18.8 Å². The quantitative estimate of drug-likeness (QED) is 0.732. The van der Waals surface area contributed by atoms with Crippen molar-refractivity contribution in [2.45, 2.75) is 12.6 Å². The van der Waals surface area contributed by atoms with Crippen LogP contribution in [0.2, 0.25) is 0 Å². The Labute approximate surface area is 151 Å². The van der Waals surface area contributed by atoms with Crippen LogP contribution in [0.3, 0.4) is 0 Å². The average molecular weight is 371 g/mol. The Bertz CT molecular complexity index is 665. The molecule has 7 heteroatoms. The van der Waals surface area contributed by atoms with E-state index < -0.39 is 11.6 Å². The molecule has 0 aliphatic carbocycles. The number of β-amino-alcohol motifs (C(OH)–C–C–N with tert-alkyl or cyclic N) is 1. The van der Waals surface area contributed by atoms with E-state index in [4.69, 9.17) is 4.74 Å². The van der Waals surface area contributed by atoms with Gasteiger partial charge in [0.2, 0.25) is 0 Å². The van der Waals surface area contributed by atoms with Gasteiger partial charge in [0.15, 0.2) is 0 Å². The second-order valence-electron chi connectivity index (χ2n) is 5.97. The molecule has 1 fully saturated rings. The lowest BCUT2D eigenvalue weighted by molar-refractivity contribution is 0.146. The second-order valence-corrected chi connectivity index (χ2v) is 5.97. The fourth-order valence-corrected chi connectivity index (χ4v) is 2.73. The summed E-state index contributed by atoms with van der Waals surface area (Å²) in [5.74, 6) is -0.473. The molecule has 2 aromatic carbocycles. The van der Waals surface area contributed by atoms with Gasteiger partial charge < -0.3 is 20.5 Å². The average Bonchev–Trinajstić information content (AvgIpc) is 2.93. The minimum absolute atomic E-state index is 0. The molecule has 0 radical (unpaired) electrons. The number of aliphatic hydroxyl groups is 1. The van der Waals surface area contributed by atoms with Gasteiger partial charge in [-0.1, -0.05) is 12.1 Å². The van der Waals surface area contributed by atoms with Gasteiger partial charge in [-0.3, -0.25) is 0 Å². The number of nitrogens with one attached hydrogen (secondary N) is 2. The van der Waals surface area contributed by atoms with Crippen molar-refractivity contribution in [3.8, 4) is 11.5 Å². The van der Waals surface area contributed by atoms with Crippen LogP contribution < -0.4 is 15.4 Å². The molecule has 4 nitrogen and oxygen atoms in total. The second kappa shape index (κ2) is 9.10. The number of ether oxygens (including phenoxy) is 1. The van der Waals surface area contributed by atoms with Crippen molar-refractivity contribution in [2.24, 2.45) is 5.92 Å². The number of rotatable bonds is 6. The minimum Gasteiger partial charge on any atom is -0.457 e. The van der Waals surface area contributed by atoms with E-state index in [9.17, 15) is 13.9 Å². The molecular weight excluding hydrogens is 350 g/mol. The highest BCUT2D eigenvalue weighted by atomic mass is 35.5. The van der Waals surface area contributed by atoms with Gasteiger partial charge in [-0.2, -0.15) is 0 Å². The van der Waals surface area contributed by atoms with Crippen molar-refractivity contribution < 1.29 is 18.6 Å². The lowest BCUT2D eigenvalue weighted by Crippen LogP contribution is -2.30. The molecule has 0 saturated carbocycles. The Hall–Kier alpha value is -1.73. The Morgan fingerprint density at radius 1 is 1.04 bits per heavy atom. The third-order valence-corrected chi connectivity index (χ3v) is 4.03. The highest BCUT2D eigenvalue weighted by Crippen LogP contribution is 2.23. The molecular formula is C18H21ClF2N2O2. The van der Waals surface area contributed by atoms with E-state index in [1.165, 1.54) is 0 Å². The van der Waals surface area contributed by atoms with Gasteiger partial charge >= 0.3 is 0 Å². The van der Waals surface area contributed by atoms with Crippen LogP contribution in [0.1, 0.15) is 5.56 Å². The molecule has 0 bridgehead atoms. The molecule has 0 amide bonds. The molecule has 0 aromatic heterocycles. The van der Waals surface area contributed by atoms with Gasteiger partial charge in [0.1, 0.15) is 23.1 Å². The summed E-state index contributed by atoms with van der Waals surface area (Å²) in [6.45, 7) is 2.90. The third-order valence-electron chi connectivity index (χ3n) is 4.03. The molecule has 1 heterocycles. The highest BCUT2D eigenvalue weighted by Gasteiger charge is 2.23. The maximum atomic E-state index is 13.1. The number of aliphatic hydroxyl groups excluding tert-OH is 1. The molecule has 1 saturated heterocycles. The van der Waals surface area contributed by atoms with E-state index in [1.54, 1.807) is 12.1 Å². The number of hydrogen-bond acceptors (Lipinski definition) is 4. The summed E-state index contributed by atoms with van der Waals surface area (Å²) >= 11 is 0. The zero-order valence-corrected chi connectivity index (χ0v) is 14.4. The predicted molar refractivity (Wildman–Crippen MR) is 94.2 cm³/mol. The molecule has 2 aromatic rings. The normalized spacial score (nSPS) is 19.5. The smallest absolute Gasteiger partial charge is 0.133 e. The Kier molecular flexibility index (Phi) is 7.13. The molecule has 2 unspecified atom stereocenters. The van der Waals surface area contributed by atoms with E-state index in [0.717, 1.165) is 36.9 Å². The fourth-order valence-electron chi connectivity index (χ4n) is 2.73. The maximum Gasteiger partial charge on any atom is 0.133 e. The van der Waals surface area contributed by atoms with Gasteiger partial charge in [-0.15, -0.1) is 12.4 Å². The van der Waals surface area contributed by atoms with E-state index in [1.807, 2.05) is 12.1 Å². The standard InChI is InChI=1S/C18H20F2N2O2.ClH/c19-14-5-15(20)7-17(6-14)24-16-3-1-12(2-4-16)8-21-9-13-10-22-11-18(13)23;/h1-7,13,18,21-23H,8-11H2;1H. The molecule has 3 rings (SSSR count). The van der Waals surface area contributed by atoms with Crippen LogP contribution in [-0.2, 0) is 6.54 Å². The van der Waals surface area contributed by atoms with Crippen LogP contribution in [-0.4, -0.2) is 30.8 Å². The van der Waals surface area contributed by atoms with Gasteiger partial charge in [0.05, 0.1) is 6.10 Å². The summed E-state index contributed by atoms with van der Waals surface area (Å²) < 4.78 is 31.7. The summed E-state index contributed by atoms with van der Waals surface area (Å²) in [5.41, 5.74) is 1.06. The van der Waals surface area contributed by atoms with Crippen molar-refractivity contribution in [3.63, 3.8) is 0 Å². The summed E-state index contributed by atoms with van der Waals surface area (Å²) in [6.07, 6.45) is -0.292. The number of benzene rings is 2. The van der Waals surface area contributed by atoms with Crippen LogP contribution in [0, 0.1) is 17.6 Å². The Morgan fingerprint density at radius 2 is 1.72 bits per heavy atom. The third kappa shape index (κ3) is 5.64. The predicted octanol–water partition coefficient (Wildman–Crippen LogP) is 2.85. The van der Waals surface area contributed by atoms with Crippen LogP contribution in [0.25, 0.3) is 0 Å². The lowest BCUT2D eigenvalue weighted by atomic mass is 10.1. The Morgan fingerprint density at radius 3 is 2.32 bits per heavy atom. The lowest BCUT2D eigenvalue weighted by Gasteiger charge is -2.14. The van der Waals surface area contributed by atoms with Crippen LogP contribution >= 0.6 is 12.4 Å². The molecule has 3 N–H and O–H groups in total. The monoisotopic (exact) mass is 370 g/mol. The van der Waals surface area contributed by atoms with E-state index >= 15 is 0 Å². The maximum absolute atomic E-state index is 13.1. The van der Waals surface area contributed by atoms with Crippen molar-refractivity contribution >= 4 is 12.4 Å². The number of halogens is 3. The summed E-state index contributed by atoms with van der Waals surface area (Å²) in [6, 6.07) is 10.4. The first-order valence-corrected chi connectivity index (χ1v) is 7.92. The summed E-state index contributed by atoms with van der Waals surface area (Å²) in [7, 11) is 0. The van der Waals surface area contributed by atoms with E-state index in [-0.39, 0.29) is 30.2 Å². The van der Waals surface area contributed by atoms with Crippen LogP contribution in [0.4, 0.5) is 8.78 Å². The van der Waals surface area contributed by atoms with Crippen LogP contribution in [0.5, 0.6) is 11.5 Å². The van der Waals surface area contributed by atoms with Gasteiger partial charge in [-0.25, -0.2) is 8.78 Å². The first kappa shape index (κ1) is 19.6. The summed E-state index contributed by atoms with van der Waals surface area (Å²) in [4.78, 5) is 0. The SMILES string of the molecule is Cl.OC1CNCC1CNCc1ccc(Oc2cc(F)cc(F)c2)cc1. The van der Waals surface area contributed by atoms with E-state index in [2.05, 4.69) is 10.6 Å². The van der Waals surface area contributed by atoms with Gasteiger partial charge in [-0.05, 0) is 17.7 Å². The number of hydrogen-bond donors (Lipinski definition) is 3. The molecule has 25 heavy (non-hydrogen) atoms. The molecule has 2 atom stereocenters. The first-order chi connectivity index (χ1) is 11.6. The molecule has 0 spiro atoms. The molecule has 1 aliphatic rings. The van der Waals surface area contributed by atoms with Crippen molar-refractivity contribution in [1.29, 1.82) is 0 Å². The zero-order valence-electron chi connectivity index (χ0n) is 13.5.